The van der Waals surface area contributed by atoms with E-state index in [1.807, 2.05) is 0 Å². The van der Waals surface area contributed by atoms with E-state index >= 15 is 0 Å². The average Bonchev–Trinajstić information content (AvgIpc) is 2.47. The van der Waals surface area contributed by atoms with Crippen molar-refractivity contribution < 1.29 is 9.00 Å². The lowest BCUT2D eigenvalue weighted by molar-refractivity contribution is 0.100. The van der Waals surface area contributed by atoms with Gasteiger partial charge in [0.05, 0.1) is 15.3 Å². The van der Waals surface area contributed by atoms with Gasteiger partial charge in [0, 0.05) is 34.1 Å². The molecule has 0 bridgehead atoms. The van der Waals surface area contributed by atoms with Crippen molar-refractivity contribution >= 4 is 27.2 Å². The van der Waals surface area contributed by atoms with Crippen molar-refractivity contribution in [2.75, 3.05) is 6.26 Å². The lowest BCUT2D eigenvalue weighted by atomic mass is 10.2. The zero-order valence-corrected chi connectivity index (χ0v) is 13.6. The van der Waals surface area contributed by atoms with E-state index in [9.17, 15) is 9.00 Å². The highest BCUT2D eigenvalue weighted by Crippen LogP contribution is 2.18. The van der Waals surface area contributed by atoms with Crippen LogP contribution >= 0.6 is 11.6 Å². The van der Waals surface area contributed by atoms with Crippen molar-refractivity contribution in [3.63, 3.8) is 0 Å². The highest BCUT2D eigenvalue weighted by Gasteiger charge is 2.12. The lowest BCUT2D eigenvalue weighted by Gasteiger charge is -2.04. The Morgan fingerprint density at radius 3 is 2.77 bits per heavy atom. The maximum Gasteiger partial charge on any atom is 0.286 e. The quantitative estimate of drug-likeness (QED) is 0.792. The number of halogens is 1. The molecule has 1 atom stereocenters. The molecule has 0 aliphatic carbocycles. The number of carbonyl (C=O) groups is 1. The Hall–Kier alpha value is -2.16. The maximum absolute atomic E-state index is 12.6. The Kier molecular flexibility index (Phi) is 4.96. The predicted molar refractivity (Wildman–Crippen MR) is 87.3 cm³/mol. The molecule has 22 heavy (non-hydrogen) atoms. The summed E-state index contributed by atoms with van der Waals surface area (Å²) in [5.74, 6) is 4.94. The largest absolute Gasteiger partial charge is 0.286 e. The number of nitrogens with zero attached hydrogens (tertiary/aromatic N) is 2. The van der Waals surface area contributed by atoms with Crippen LogP contribution in [0.15, 0.2) is 52.0 Å². The third-order valence-electron chi connectivity index (χ3n) is 2.75. The average molecular weight is 333 g/mol. The molecule has 1 aromatic heterocycles. The molecule has 4 nitrogen and oxygen atoms in total. The van der Waals surface area contributed by atoms with Gasteiger partial charge in [-0.2, -0.15) is 4.36 Å². The first-order valence-corrected chi connectivity index (χ1v) is 8.62. The SMILES string of the molecule is CC#Cc1cncc(C(=O)N=S(C)(=O)c2cccc(Cl)c2)c1. The number of carbonyl (C=O) groups excluding carboxylic acids is 1. The van der Waals surface area contributed by atoms with Gasteiger partial charge in [-0.3, -0.25) is 9.78 Å². The van der Waals surface area contributed by atoms with E-state index in [1.54, 1.807) is 37.4 Å². The van der Waals surface area contributed by atoms with Gasteiger partial charge >= 0.3 is 0 Å². The molecule has 2 rings (SSSR count). The van der Waals surface area contributed by atoms with Crippen LogP contribution in [0.1, 0.15) is 22.8 Å². The minimum Gasteiger partial charge on any atom is -0.266 e. The van der Waals surface area contributed by atoms with Crippen LogP contribution in [0.3, 0.4) is 0 Å². The topological polar surface area (TPSA) is 59.4 Å². The van der Waals surface area contributed by atoms with Crippen LogP contribution in [-0.2, 0) is 9.73 Å². The lowest BCUT2D eigenvalue weighted by Crippen LogP contribution is -2.04. The molecule has 0 saturated carbocycles. The molecule has 0 radical (unpaired) electrons. The fourth-order valence-corrected chi connectivity index (χ4v) is 3.19. The van der Waals surface area contributed by atoms with E-state index in [0.717, 1.165) is 0 Å². The van der Waals surface area contributed by atoms with Gasteiger partial charge in [-0.1, -0.05) is 23.6 Å². The van der Waals surface area contributed by atoms with Crippen LogP contribution in [0.25, 0.3) is 0 Å². The molecule has 112 valence electrons. The first-order valence-electron chi connectivity index (χ1n) is 6.32. The molecule has 1 unspecified atom stereocenters. The van der Waals surface area contributed by atoms with Gasteiger partial charge in [0.1, 0.15) is 0 Å². The second-order valence-electron chi connectivity index (χ2n) is 4.49. The fourth-order valence-electron chi connectivity index (χ4n) is 1.74. The van der Waals surface area contributed by atoms with Crippen molar-refractivity contribution in [3.05, 3.63) is 58.9 Å². The number of rotatable bonds is 2. The summed E-state index contributed by atoms with van der Waals surface area (Å²) in [6, 6.07) is 8.07. The molecule has 1 aromatic carbocycles. The Balaban J connectivity index is 2.42. The van der Waals surface area contributed by atoms with Gasteiger partial charge < -0.3 is 0 Å². The number of pyridine rings is 1. The second kappa shape index (κ2) is 6.73. The van der Waals surface area contributed by atoms with Crippen molar-refractivity contribution in [2.24, 2.45) is 4.36 Å². The Morgan fingerprint density at radius 1 is 1.32 bits per heavy atom. The zero-order chi connectivity index (χ0) is 16.2. The highest BCUT2D eigenvalue weighted by molar-refractivity contribution is 7.93. The first-order chi connectivity index (χ1) is 10.4. The summed E-state index contributed by atoms with van der Waals surface area (Å²) in [7, 11) is -2.88. The second-order valence-corrected chi connectivity index (χ2v) is 7.19. The molecule has 0 saturated heterocycles. The maximum atomic E-state index is 12.6. The smallest absolute Gasteiger partial charge is 0.266 e. The first kappa shape index (κ1) is 16.2. The monoisotopic (exact) mass is 332 g/mol. The Labute approximate surface area is 134 Å². The molecule has 6 heteroatoms. The van der Waals surface area contributed by atoms with E-state index < -0.39 is 15.6 Å². The van der Waals surface area contributed by atoms with Crippen LogP contribution in [0.4, 0.5) is 0 Å². The van der Waals surface area contributed by atoms with E-state index in [-0.39, 0.29) is 5.56 Å². The van der Waals surface area contributed by atoms with Crippen LogP contribution < -0.4 is 0 Å². The Bertz CT molecular complexity index is 904. The predicted octanol–water partition coefficient (Wildman–Crippen LogP) is 3.40. The molecule has 0 spiro atoms. The molecule has 0 aliphatic heterocycles. The molecule has 0 aliphatic rings. The molecule has 1 amide bonds. The minimum absolute atomic E-state index is 0.247. The number of hydrogen-bond donors (Lipinski definition) is 0. The number of hydrogen-bond acceptors (Lipinski definition) is 3. The van der Waals surface area contributed by atoms with Crippen molar-refractivity contribution in [1.29, 1.82) is 0 Å². The fraction of sp³-hybridized carbons (Fsp3) is 0.125. The molecule has 0 fully saturated rings. The van der Waals surface area contributed by atoms with Crippen molar-refractivity contribution in [1.82, 2.24) is 4.98 Å². The van der Waals surface area contributed by atoms with E-state index in [0.29, 0.717) is 15.5 Å². The zero-order valence-electron chi connectivity index (χ0n) is 12.0. The number of aromatic nitrogens is 1. The van der Waals surface area contributed by atoms with Gasteiger partial charge in [-0.25, -0.2) is 4.21 Å². The number of amides is 1. The van der Waals surface area contributed by atoms with Gasteiger partial charge in [0.15, 0.2) is 0 Å². The van der Waals surface area contributed by atoms with Crippen molar-refractivity contribution in [2.45, 2.75) is 11.8 Å². The third kappa shape index (κ3) is 3.94. The van der Waals surface area contributed by atoms with E-state index in [4.69, 9.17) is 11.6 Å². The normalized spacial score (nSPS) is 12.7. The molecule has 0 N–H and O–H groups in total. The summed E-state index contributed by atoms with van der Waals surface area (Å²) in [5.41, 5.74) is 0.853. The van der Waals surface area contributed by atoms with Crippen LogP contribution in [-0.4, -0.2) is 21.4 Å². The summed E-state index contributed by atoms with van der Waals surface area (Å²) < 4.78 is 16.5. The summed E-state index contributed by atoms with van der Waals surface area (Å²) >= 11 is 5.88. The summed E-state index contributed by atoms with van der Waals surface area (Å²) in [6.07, 6.45) is 4.33. The summed E-state index contributed by atoms with van der Waals surface area (Å²) in [5, 5.41) is 0.441. The van der Waals surface area contributed by atoms with Crippen LogP contribution in [0.5, 0.6) is 0 Å². The minimum atomic E-state index is -2.88. The van der Waals surface area contributed by atoms with Gasteiger partial charge in [-0.05, 0) is 31.2 Å². The van der Waals surface area contributed by atoms with Gasteiger partial charge in [-0.15, -0.1) is 5.92 Å². The summed E-state index contributed by atoms with van der Waals surface area (Å²) in [6.45, 7) is 1.69. The number of benzene rings is 1. The van der Waals surface area contributed by atoms with E-state index in [1.165, 1.54) is 18.5 Å². The molecular weight excluding hydrogens is 320 g/mol. The standard InChI is InChI=1S/C16H13ClN2O2S/c1-3-5-12-8-13(11-18-10-12)16(20)19-22(2,21)15-7-4-6-14(17)9-15/h4,6-11H,1-2H3. The third-order valence-corrected chi connectivity index (χ3v) is 4.62. The molecule has 1 heterocycles. The molecule has 2 aromatic rings. The van der Waals surface area contributed by atoms with E-state index in [2.05, 4.69) is 21.2 Å². The Morgan fingerprint density at radius 2 is 2.09 bits per heavy atom. The van der Waals surface area contributed by atoms with Gasteiger partial charge in [0.2, 0.25) is 0 Å². The highest BCUT2D eigenvalue weighted by atomic mass is 35.5. The van der Waals surface area contributed by atoms with Crippen LogP contribution in [0, 0.1) is 11.8 Å². The van der Waals surface area contributed by atoms with Crippen molar-refractivity contribution in [3.8, 4) is 11.8 Å². The molecular formula is C16H13ClN2O2S. The van der Waals surface area contributed by atoms with Gasteiger partial charge in [0.25, 0.3) is 5.91 Å². The van der Waals surface area contributed by atoms with Crippen LogP contribution in [0.2, 0.25) is 5.02 Å². The summed E-state index contributed by atoms with van der Waals surface area (Å²) in [4.78, 5) is 16.6.